The number of hydrogen-bond donors (Lipinski definition) is 2. The number of nitrogens with one attached hydrogen (secondary N) is 2. The Bertz CT molecular complexity index is 1130. The number of allylic oxidation sites excluding steroid dienone is 1. The van der Waals surface area contributed by atoms with Gasteiger partial charge in [-0.05, 0) is 49.4 Å². The molecule has 1 unspecified atom stereocenters. The molecule has 2 aromatic carbocycles. The summed E-state index contributed by atoms with van der Waals surface area (Å²) in [5.74, 6) is 0.932. The maximum Gasteiger partial charge on any atom is 0.251 e. The molecule has 0 aliphatic carbocycles. The topological polar surface area (TPSA) is 98.1 Å². The van der Waals surface area contributed by atoms with Gasteiger partial charge in [-0.15, -0.1) is 16.8 Å². The lowest BCUT2D eigenvalue weighted by atomic mass is 10.2. The van der Waals surface area contributed by atoms with Crippen molar-refractivity contribution in [1.29, 1.82) is 0 Å². The highest BCUT2D eigenvalue weighted by Gasteiger charge is 2.20. The Labute approximate surface area is 201 Å². The third-order valence-electron chi connectivity index (χ3n) is 4.58. The molecule has 2 amide bonds. The standard InChI is InChI=1S/C23H24ClN5O3S/c1-4-12-29-21(15(2)25-22(31)16-8-10-19(32-3)11-9-16)27-28-23(29)33-14-20(30)26-18-7-5-6-17(24)13-18/h4-11,13,15H,1,12,14H2,2-3H3,(H,25,31)(H,26,30). The van der Waals surface area contributed by atoms with Gasteiger partial charge in [-0.25, -0.2) is 0 Å². The van der Waals surface area contributed by atoms with Crippen molar-refractivity contribution >= 4 is 40.9 Å². The van der Waals surface area contributed by atoms with E-state index in [1.165, 1.54) is 11.8 Å². The molecule has 0 aliphatic rings. The van der Waals surface area contributed by atoms with E-state index in [2.05, 4.69) is 27.4 Å². The van der Waals surface area contributed by atoms with Crippen molar-refractivity contribution in [2.45, 2.75) is 24.7 Å². The molecular weight excluding hydrogens is 462 g/mol. The minimum atomic E-state index is -0.415. The number of rotatable bonds is 10. The van der Waals surface area contributed by atoms with Gasteiger partial charge in [-0.3, -0.25) is 9.59 Å². The molecule has 0 aliphatic heterocycles. The zero-order chi connectivity index (χ0) is 23.8. The van der Waals surface area contributed by atoms with Crippen LogP contribution in [0, 0.1) is 0 Å². The van der Waals surface area contributed by atoms with Crippen LogP contribution in [0.25, 0.3) is 0 Å². The average Bonchev–Trinajstić information content (AvgIpc) is 3.20. The number of halogens is 1. The molecule has 10 heteroatoms. The van der Waals surface area contributed by atoms with E-state index in [0.29, 0.717) is 39.5 Å². The molecule has 33 heavy (non-hydrogen) atoms. The summed E-state index contributed by atoms with van der Waals surface area (Å²) in [6, 6.07) is 13.4. The van der Waals surface area contributed by atoms with Crippen LogP contribution >= 0.6 is 23.4 Å². The van der Waals surface area contributed by atoms with E-state index in [1.807, 2.05) is 11.5 Å². The van der Waals surface area contributed by atoms with Crippen molar-refractivity contribution < 1.29 is 14.3 Å². The van der Waals surface area contributed by atoms with Gasteiger partial charge in [0, 0.05) is 22.8 Å². The van der Waals surface area contributed by atoms with Crippen LogP contribution in [0.3, 0.4) is 0 Å². The molecule has 0 fully saturated rings. The van der Waals surface area contributed by atoms with Gasteiger partial charge in [0.2, 0.25) is 5.91 Å². The molecule has 3 aromatic rings. The van der Waals surface area contributed by atoms with Crippen LogP contribution in [0.4, 0.5) is 5.69 Å². The van der Waals surface area contributed by atoms with E-state index in [1.54, 1.807) is 61.7 Å². The lowest BCUT2D eigenvalue weighted by molar-refractivity contribution is -0.113. The summed E-state index contributed by atoms with van der Waals surface area (Å²) in [5, 5.41) is 15.3. The molecule has 172 valence electrons. The van der Waals surface area contributed by atoms with E-state index in [9.17, 15) is 9.59 Å². The number of hydrogen-bond acceptors (Lipinski definition) is 6. The summed E-state index contributed by atoms with van der Waals surface area (Å²) in [4.78, 5) is 25.0. The van der Waals surface area contributed by atoms with E-state index in [4.69, 9.17) is 16.3 Å². The van der Waals surface area contributed by atoms with Crippen molar-refractivity contribution in [1.82, 2.24) is 20.1 Å². The maximum atomic E-state index is 12.6. The van der Waals surface area contributed by atoms with Crippen molar-refractivity contribution in [3.63, 3.8) is 0 Å². The second-order valence-electron chi connectivity index (χ2n) is 7.01. The zero-order valence-corrected chi connectivity index (χ0v) is 19.8. The molecule has 0 bridgehead atoms. The smallest absolute Gasteiger partial charge is 0.251 e. The normalized spacial score (nSPS) is 11.5. The molecule has 1 heterocycles. The van der Waals surface area contributed by atoms with Crippen molar-refractivity contribution in [3.8, 4) is 5.75 Å². The fourth-order valence-corrected chi connectivity index (χ4v) is 3.95. The highest BCUT2D eigenvalue weighted by Crippen LogP contribution is 2.22. The fourth-order valence-electron chi connectivity index (χ4n) is 3.01. The molecule has 3 rings (SSSR count). The molecule has 0 saturated carbocycles. The van der Waals surface area contributed by atoms with Crippen LogP contribution < -0.4 is 15.4 Å². The van der Waals surface area contributed by atoms with Gasteiger partial charge in [0.25, 0.3) is 5.91 Å². The fraction of sp³-hybridized carbons (Fsp3) is 0.217. The number of carbonyl (C=O) groups is 2. The molecule has 0 spiro atoms. The highest BCUT2D eigenvalue weighted by atomic mass is 35.5. The van der Waals surface area contributed by atoms with E-state index < -0.39 is 6.04 Å². The Hall–Kier alpha value is -3.30. The molecule has 8 nitrogen and oxygen atoms in total. The van der Waals surface area contributed by atoms with Crippen LogP contribution in [0.2, 0.25) is 5.02 Å². The maximum absolute atomic E-state index is 12.6. The summed E-state index contributed by atoms with van der Waals surface area (Å²) in [7, 11) is 1.57. The first-order valence-corrected chi connectivity index (χ1v) is 11.4. The number of carbonyl (C=O) groups excluding carboxylic acids is 2. The Morgan fingerprint density at radius 3 is 2.67 bits per heavy atom. The van der Waals surface area contributed by atoms with Gasteiger partial charge >= 0.3 is 0 Å². The van der Waals surface area contributed by atoms with Gasteiger partial charge < -0.3 is 19.9 Å². The number of thioether (sulfide) groups is 1. The van der Waals surface area contributed by atoms with Crippen LogP contribution in [-0.2, 0) is 11.3 Å². The largest absolute Gasteiger partial charge is 0.497 e. The van der Waals surface area contributed by atoms with Crippen molar-refractivity contribution in [2.75, 3.05) is 18.2 Å². The van der Waals surface area contributed by atoms with Gasteiger partial charge in [0.1, 0.15) is 5.75 Å². The van der Waals surface area contributed by atoms with Crippen LogP contribution in [0.1, 0.15) is 29.1 Å². The predicted octanol–water partition coefficient (Wildman–Crippen LogP) is 4.35. The minimum Gasteiger partial charge on any atom is -0.497 e. The number of anilines is 1. The highest BCUT2D eigenvalue weighted by molar-refractivity contribution is 7.99. The lowest BCUT2D eigenvalue weighted by Gasteiger charge is -2.15. The van der Waals surface area contributed by atoms with E-state index in [0.717, 1.165) is 0 Å². The second kappa shape index (κ2) is 11.5. The zero-order valence-electron chi connectivity index (χ0n) is 18.2. The Morgan fingerprint density at radius 1 is 1.24 bits per heavy atom. The van der Waals surface area contributed by atoms with Crippen molar-refractivity contribution in [2.24, 2.45) is 0 Å². The summed E-state index contributed by atoms with van der Waals surface area (Å²) < 4.78 is 6.95. The summed E-state index contributed by atoms with van der Waals surface area (Å²) in [6.07, 6.45) is 1.71. The van der Waals surface area contributed by atoms with Crippen molar-refractivity contribution in [3.05, 3.63) is 77.6 Å². The van der Waals surface area contributed by atoms with Crippen LogP contribution in [0.5, 0.6) is 5.75 Å². The molecular formula is C23H24ClN5O3S. The summed E-state index contributed by atoms with van der Waals surface area (Å²) in [5.41, 5.74) is 1.13. The lowest BCUT2D eigenvalue weighted by Crippen LogP contribution is -2.28. The number of methoxy groups -OCH3 is 1. The van der Waals surface area contributed by atoms with E-state index >= 15 is 0 Å². The number of amides is 2. The first kappa shape index (κ1) is 24.3. The number of nitrogens with zero attached hydrogens (tertiary/aromatic N) is 3. The summed E-state index contributed by atoms with van der Waals surface area (Å²) in [6.45, 7) is 6.04. The van der Waals surface area contributed by atoms with E-state index in [-0.39, 0.29) is 17.6 Å². The van der Waals surface area contributed by atoms with Gasteiger partial charge in [-0.1, -0.05) is 35.5 Å². The quantitative estimate of drug-likeness (QED) is 0.327. The number of benzene rings is 2. The second-order valence-corrected chi connectivity index (χ2v) is 8.39. The van der Waals surface area contributed by atoms with Gasteiger partial charge in [0.05, 0.1) is 18.9 Å². The summed E-state index contributed by atoms with van der Waals surface area (Å²) >= 11 is 7.20. The number of ether oxygens (including phenoxy) is 1. The minimum absolute atomic E-state index is 0.133. The third-order valence-corrected chi connectivity index (χ3v) is 5.79. The molecule has 0 radical (unpaired) electrons. The molecule has 1 atom stereocenters. The molecule has 2 N–H and O–H groups in total. The number of aromatic nitrogens is 3. The van der Waals surface area contributed by atoms with Gasteiger partial charge in [-0.2, -0.15) is 0 Å². The Morgan fingerprint density at radius 2 is 2.00 bits per heavy atom. The first-order valence-electron chi connectivity index (χ1n) is 10.1. The first-order chi connectivity index (χ1) is 15.9. The monoisotopic (exact) mass is 485 g/mol. The Balaban J connectivity index is 1.65. The molecule has 1 aromatic heterocycles. The SMILES string of the molecule is C=CCn1c(SCC(=O)Nc2cccc(Cl)c2)nnc1C(C)NC(=O)c1ccc(OC)cc1. The third kappa shape index (κ3) is 6.59. The van der Waals surface area contributed by atoms with Gasteiger partial charge in [0.15, 0.2) is 11.0 Å². The predicted molar refractivity (Wildman–Crippen MR) is 130 cm³/mol. The van der Waals surface area contributed by atoms with Crippen LogP contribution in [-0.4, -0.2) is 39.4 Å². The average molecular weight is 486 g/mol. The molecule has 0 saturated heterocycles. The van der Waals surface area contributed by atoms with Crippen LogP contribution in [0.15, 0.2) is 66.3 Å². The Kier molecular flexibility index (Phi) is 8.51.